The molecule has 1 rings (SSSR count). The van der Waals surface area contributed by atoms with E-state index in [9.17, 15) is 27.2 Å². The highest BCUT2D eigenvalue weighted by atomic mass is 19.4. The fourth-order valence-corrected chi connectivity index (χ4v) is 1.12. The van der Waals surface area contributed by atoms with E-state index in [2.05, 4.69) is 4.74 Å². The van der Waals surface area contributed by atoms with Crippen LogP contribution in [0.1, 0.15) is 6.42 Å². The Morgan fingerprint density at radius 2 is 2.07 bits per heavy atom. The predicted octanol–water partition coefficient (Wildman–Crippen LogP) is 1.21. The molecule has 1 unspecified atom stereocenters. The van der Waals surface area contributed by atoms with Gasteiger partial charge >= 0.3 is 18.4 Å². The normalized spacial score (nSPS) is 22.0. The summed E-state index contributed by atoms with van der Waals surface area (Å²) in [4.78, 5) is 19.7. The number of carbonyl (C=O) groups is 2. The largest absolute Gasteiger partial charge is 0.489 e. The van der Waals surface area contributed by atoms with Gasteiger partial charge in [0.2, 0.25) is 0 Å². The number of hydrogen-bond acceptors (Lipinski definition) is 3. The number of cyclic esters (lactones) is 1. The lowest BCUT2D eigenvalue weighted by atomic mass is 10.2. The summed E-state index contributed by atoms with van der Waals surface area (Å²) in [6, 6.07) is -1.90. The summed E-state index contributed by atoms with van der Waals surface area (Å²) in [7, 11) is 0. The predicted molar refractivity (Wildman–Crippen MR) is 33.8 cm³/mol. The van der Waals surface area contributed by atoms with Gasteiger partial charge in [-0.05, 0) is 0 Å². The van der Waals surface area contributed by atoms with Crippen LogP contribution >= 0.6 is 0 Å². The fraction of sp³-hybridized carbons (Fsp3) is 0.667. The molecule has 0 aromatic carbocycles. The summed E-state index contributed by atoms with van der Waals surface area (Å²) >= 11 is 0. The van der Waals surface area contributed by atoms with Crippen molar-refractivity contribution in [3.63, 3.8) is 0 Å². The molecule has 1 saturated heterocycles. The van der Waals surface area contributed by atoms with Crippen LogP contribution in [-0.2, 0) is 9.53 Å². The fourth-order valence-electron chi connectivity index (χ4n) is 1.12. The maximum Gasteiger partial charge on any atom is 0.489 e. The average Bonchev–Trinajstić information content (AvgIpc) is 2.32. The van der Waals surface area contributed by atoms with E-state index < -0.39 is 29.4 Å². The van der Waals surface area contributed by atoms with Crippen molar-refractivity contribution in [2.24, 2.45) is 0 Å². The van der Waals surface area contributed by atoms with Gasteiger partial charge in [0.15, 0.2) is 0 Å². The molecule has 0 bridgehead atoms. The molecule has 0 N–H and O–H groups in total. The monoisotopic (exact) mass is 215 g/mol. The van der Waals surface area contributed by atoms with Gasteiger partial charge in [-0.1, -0.05) is 0 Å². The van der Waals surface area contributed by atoms with Gasteiger partial charge in [0, 0.05) is 6.42 Å². The Kier molecular flexibility index (Phi) is 2.63. The van der Waals surface area contributed by atoms with Crippen molar-refractivity contribution < 1.29 is 31.9 Å². The van der Waals surface area contributed by atoms with Crippen molar-refractivity contribution in [3.8, 4) is 0 Å². The first kappa shape index (κ1) is 10.7. The third-order valence-electron chi connectivity index (χ3n) is 1.68. The van der Waals surface area contributed by atoms with Crippen LogP contribution < -0.4 is 0 Å². The van der Waals surface area contributed by atoms with Crippen molar-refractivity contribution in [1.29, 1.82) is 0 Å². The first-order chi connectivity index (χ1) is 6.34. The lowest BCUT2D eigenvalue weighted by Crippen LogP contribution is -2.49. The van der Waals surface area contributed by atoms with Crippen LogP contribution in [0.2, 0.25) is 0 Å². The molecule has 1 aliphatic rings. The summed E-state index contributed by atoms with van der Waals surface area (Å²) in [6.07, 6.45) is -8.27. The van der Waals surface area contributed by atoms with Gasteiger partial charge in [-0.15, -0.1) is 17.6 Å². The number of nitrogens with zero attached hydrogens (tertiary/aromatic N) is 1. The van der Waals surface area contributed by atoms with Crippen LogP contribution in [0.3, 0.4) is 0 Å². The lowest BCUT2D eigenvalue weighted by Gasteiger charge is -2.24. The maximum absolute atomic E-state index is 12.1. The van der Waals surface area contributed by atoms with Crippen molar-refractivity contribution in [1.82, 2.24) is 4.90 Å². The third-order valence-corrected chi connectivity index (χ3v) is 1.68. The zero-order valence-corrected chi connectivity index (χ0v) is 6.68. The molecular formula is C6H5F4NO3. The Hall–Kier alpha value is -1.34. The van der Waals surface area contributed by atoms with Crippen LogP contribution in [0.4, 0.5) is 22.4 Å². The number of ether oxygens (including phenoxy) is 1. The van der Waals surface area contributed by atoms with Crippen molar-refractivity contribution in [3.05, 3.63) is 0 Å². The zero-order valence-electron chi connectivity index (χ0n) is 6.68. The second kappa shape index (κ2) is 3.43. The Morgan fingerprint density at radius 1 is 1.50 bits per heavy atom. The van der Waals surface area contributed by atoms with E-state index in [1.807, 2.05) is 0 Å². The standard InChI is InChI=1S/C6H5F4NO3/c7-5(13)11(6(8,9)10)3-1-2-14-4(3)12/h3H,1-2H2. The molecule has 0 saturated carbocycles. The Balaban J connectivity index is 2.88. The van der Waals surface area contributed by atoms with Crippen molar-refractivity contribution >= 4 is 12.1 Å². The summed E-state index contributed by atoms with van der Waals surface area (Å²) in [6.45, 7) is -0.247. The van der Waals surface area contributed by atoms with Crippen molar-refractivity contribution in [2.45, 2.75) is 18.8 Å². The topological polar surface area (TPSA) is 46.6 Å². The Bertz CT molecular complexity index is 264. The summed E-state index contributed by atoms with van der Waals surface area (Å²) in [5.74, 6) is -1.24. The second-order valence-corrected chi connectivity index (χ2v) is 2.56. The highest BCUT2D eigenvalue weighted by molar-refractivity contribution is 5.82. The molecule has 1 heterocycles. The molecule has 0 aromatic rings. The molecule has 4 nitrogen and oxygen atoms in total. The van der Waals surface area contributed by atoms with Crippen LogP contribution in [-0.4, -0.2) is 36.0 Å². The van der Waals surface area contributed by atoms with Crippen LogP contribution in [0.5, 0.6) is 0 Å². The third kappa shape index (κ3) is 1.94. The van der Waals surface area contributed by atoms with E-state index in [1.54, 1.807) is 0 Å². The van der Waals surface area contributed by atoms with Gasteiger partial charge in [-0.2, -0.15) is 0 Å². The van der Waals surface area contributed by atoms with Gasteiger partial charge in [0.25, 0.3) is 0 Å². The molecule has 0 radical (unpaired) electrons. The molecule has 1 aliphatic heterocycles. The molecule has 1 atom stereocenters. The molecule has 1 amide bonds. The summed E-state index contributed by atoms with van der Waals surface area (Å²) in [5, 5.41) is 0. The van der Waals surface area contributed by atoms with Crippen molar-refractivity contribution in [2.75, 3.05) is 6.61 Å². The maximum atomic E-state index is 12.1. The highest BCUT2D eigenvalue weighted by Gasteiger charge is 2.50. The first-order valence-corrected chi connectivity index (χ1v) is 3.56. The minimum absolute atomic E-state index is 0.247. The average molecular weight is 215 g/mol. The van der Waals surface area contributed by atoms with Gasteiger partial charge in [-0.3, -0.25) is 0 Å². The van der Waals surface area contributed by atoms with E-state index in [0.29, 0.717) is 0 Å². The molecule has 8 heteroatoms. The van der Waals surface area contributed by atoms with E-state index in [1.165, 1.54) is 0 Å². The molecular weight excluding hydrogens is 210 g/mol. The summed E-state index contributed by atoms with van der Waals surface area (Å²) < 4.78 is 52.4. The Morgan fingerprint density at radius 3 is 2.36 bits per heavy atom. The van der Waals surface area contributed by atoms with Gasteiger partial charge < -0.3 is 4.74 Å². The second-order valence-electron chi connectivity index (χ2n) is 2.56. The van der Waals surface area contributed by atoms with E-state index in [4.69, 9.17) is 0 Å². The molecule has 80 valence electrons. The van der Waals surface area contributed by atoms with Crippen LogP contribution in [0.15, 0.2) is 0 Å². The number of hydrogen-bond donors (Lipinski definition) is 0. The Labute approximate surface area is 75.4 Å². The lowest BCUT2D eigenvalue weighted by molar-refractivity contribution is -0.237. The number of rotatable bonds is 1. The zero-order chi connectivity index (χ0) is 10.9. The number of halogens is 4. The number of carbonyl (C=O) groups excluding carboxylic acids is 2. The SMILES string of the molecule is O=C1OCCC1N(C(=O)F)C(F)(F)F. The quantitative estimate of drug-likeness (QED) is 0.286. The highest BCUT2D eigenvalue weighted by Crippen LogP contribution is 2.28. The molecule has 0 spiro atoms. The van der Waals surface area contributed by atoms with Gasteiger partial charge in [-0.25, -0.2) is 14.5 Å². The summed E-state index contributed by atoms with van der Waals surface area (Å²) in [5.41, 5.74) is 0. The first-order valence-electron chi connectivity index (χ1n) is 3.56. The number of esters is 1. The minimum Gasteiger partial charge on any atom is -0.464 e. The van der Waals surface area contributed by atoms with E-state index in [-0.39, 0.29) is 13.0 Å². The van der Waals surface area contributed by atoms with Crippen LogP contribution in [0, 0.1) is 0 Å². The molecule has 1 fully saturated rings. The van der Waals surface area contributed by atoms with Gasteiger partial charge in [0.1, 0.15) is 6.04 Å². The molecule has 0 aliphatic carbocycles. The smallest absolute Gasteiger partial charge is 0.464 e. The minimum atomic E-state index is -5.21. The van der Waals surface area contributed by atoms with E-state index in [0.717, 1.165) is 0 Å². The van der Waals surface area contributed by atoms with Gasteiger partial charge in [0.05, 0.1) is 6.61 Å². The number of alkyl halides is 3. The van der Waals surface area contributed by atoms with Crippen LogP contribution in [0.25, 0.3) is 0 Å². The molecule has 0 aromatic heterocycles. The van der Waals surface area contributed by atoms with E-state index >= 15 is 0 Å². The number of amides is 1. The molecule has 14 heavy (non-hydrogen) atoms.